The van der Waals surface area contributed by atoms with Crippen molar-refractivity contribution in [3.05, 3.63) is 94.2 Å². The Morgan fingerprint density at radius 3 is 2.34 bits per heavy atom. The highest BCUT2D eigenvalue weighted by Gasteiger charge is 2.23. The Kier molecular flexibility index (Phi) is 8.34. The molecule has 0 aliphatic heterocycles. The number of rotatable bonds is 8. The number of carbonyl (C=O) groups is 1. The minimum Gasteiger partial charge on any atom is -0.356 e. The second kappa shape index (κ2) is 11.4. The molecule has 0 bridgehead atoms. The van der Waals surface area contributed by atoms with Crippen LogP contribution in [-0.4, -0.2) is 22.4 Å². The minimum atomic E-state index is -1.22. The summed E-state index contributed by atoms with van der Waals surface area (Å²) in [5.41, 5.74) is 3.34. The molecule has 1 amide bonds. The maximum absolute atomic E-state index is 13.2. The van der Waals surface area contributed by atoms with Crippen LogP contribution < -0.4 is 4.90 Å². The highest BCUT2D eigenvalue weighted by molar-refractivity contribution is 6.54. The number of nitrogens with zero attached hydrogens (tertiary/aromatic N) is 2. The molecule has 4 aromatic rings. The third kappa shape index (κ3) is 6.17. The number of hydrogen-bond donors (Lipinski definition) is 0. The van der Waals surface area contributed by atoms with Gasteiger partial charge < -0.3 is 9.42 Å². The summed E-state index contributed by atoms with van der Waals surface area (Å²) < 4.78 is 18.7. The SMILES string of the molecule is O=C(C(Cl)Cl)N(CCCc1ccc(F)cc1)c1cccc(-c2cc(-c3c(Cl)cccc3Cl)no2)c1. The van der Waals surface area contributed by atoms with Crippen LogP contribution in [0, 0.1) is 5.82 Å². The molecule has 4 rings (SSSR count). The largest absolute Gasteiger partial charge is 0.356 e. The molecule has 4 nitrogen and oxygen atoms in total. The van der Waals surface area contributed by atoms with Crippen molar-refractivity contribution in [2.75, 3.05) is 11.4 Å². The zero-order valence-electron chi connectivity index (χ0n) is 18.2. The first-order chi connectivity index (χ1) is 16.8. The number of carbonyl (C=O) groups excluding carboxylic acids is 1. The quantitative estimate of drug-likeness (QED) is 0.207. The Bertz CT molecular complexity index is 1300. The lowest BCUT2D eigenvalue weighted by atomic mass is 10.1. The van der Waals surface area contributed by atoms with E-state index in [0.717, 1.165) is 5.56 Å². The number of benzene rings is 3. The summed E-state index contributed by atoms with van der Waals surface area (Å²) in [5.74, 6) is -0.252. The monoisotopic (exact) mass is 550 g/mol. The molecule has 0 saturated carbocycles. The fourth-order valence-electron chi connectivity index (χ4n) is 3.68. The van der Waals surface area contributed by atoms with E-state index in [1.165, 1.54) is 17.0 Å². The summed E-state index contributed by atoms with van der Waals surface area (Å²) >= 11 is 24.4. The molecule has 0 saturated heterocycles. The van der Waals surface area contributed by atoms with Crippen molar-refractivity contribution < 1.29 is 13.7 Å². The molecule has 0 atom stereocenters. The Hall–Kier alpha value is -2.57. The van der Waals surface area contributed by atoms with Crippen molar-refractivity contribution in [2.24, 2.45) is 0 Å². The maximum atomic E-state index is 13.2. The third-order valence-corrected chi connectivity index (χ3v) is 6.39. The predicted molar refractivity (Wildman–Crippen MR) is 140 cm³/mol. The predicted octanol–water partition coefficient (Wildman–Crippen LogP) is 8.22. The summed E-state index contributed by atoms with van der Waals surface area (Å²) in [6.07, 6.45) is 1.28. The van der Waals surface area contributed by atoms with E-state index in [4.69, 9.17) is 50.9 Å². The van der Waals surface area contributed by atoms with E-state index < -0.39 is 10.7 Å². The topological polar surface area (TPSA) is 46.3 Å². The Balaban J connectivity index is 1.57. The third-order valence-electron chi connectivity index (χ3n) is 5.38. The number of halogens is 5. The summed E-state index contributed by atoms with van der Waals surface area (Å²) in [6, 6.07) is 20.4. The molecule has 0 unspecified atom stereocenters. The molecular formula is C26H19Cl4FN2O2. The van der Waals surface area contributed by atoms with E-state index in [-0.39, 0.29) is 5.82 Å². The van der Waals surface area contributed by atoms with Crippen LogP contribution in [-0.2, 0) is 11.2 Å². The average Bonchev–Trinajstić information content (AvgIpc) is 3.32. The first kappa shape index (κ1) is 25.5. The van der Waals surface area contributed by atoms with E-state index in [1.54, 1.807) is 54.6 Å². The van der Waals surface area contributed by atoms with Gasteiger partial charge in [0.1, 0.15) is 11.5 Å². The Labute approximate surface area is 222 Å². The Morgan fingerprint density at radius 1 is 0.971 bits per heavy atom. The smallest absolute Gasteiger partial charge is 0.260 e. The van der Waals surface area contributed by atoms with Gasteiger partial charge in [0.15, 0.2) is 10.6 Å². The molecule has 1 heterocycles. The van der Waals surface area contributed by atoms with Crippen molar-refractivity contribution in [1.29, 1.82) is 0 Å². The number of alkyl halides is 2. The van der Waals surface area contributed by atoms with Gasteiger partial charge in [0, 0.05) is 29.4 Å². The highest BCUT2D eigenvalue weighted by Crippen LogP contribution is 2.36. The lowest BCUT2D eigenvalue weighted by Gasteiger charge is -2.24. The number of hydrogen-bond acceptors (Lipinski definition) is 3. The number of anilines is 1. The molecule has 0 spiro atoms. The molecule has 0 aliphatic carbocycles. The first-order valence-corrected chi connectivity index (χ1v) is 12.3. The molecular weight excluding hydrogens is 533 g/mol. The molecule has 3 aromatic carbocycles. The summed E-state index contributed by atoms with van der Waals surface area (Å²) in [4.78, 5) is 13.1. The van der Waals surface area contributed by atoms with Gasteiger partial charge in [-0.1, -0.05) is 81.9 Å². The van der Waals surface area contributed by atoms with Crippen LogP contribution >= 0.6 is 46.4 Å². The van der Waals surface area contributed by atoms with Gasteiger partial charge in [-0.15, -0.1) is 0 Å². The zero-order valence-corrected chi connectivity index (χ0v) is 21.3. The minimum absolute atomic E-state index is 0.290. The average molecular weight is 552 g/mol. The normalized spacial score (nSPS) is 11.1. The number of aromatic nitrogens is 1. The molecule has 0 fully saturated rings. The summed E-state index contributed by atoms with van der Waals surface area (Å²) in [6.45, 7) is 0.368. The van der Waals surface area contributed by atoms with Crippen molar-refractivity contribution in [3.8, 4) is 22.6 Å². The number of amides is 1. The molecule has 0 radical (unpaired) electrons. The second-order valence-corrected chi connectivity index (χ2v) is 9.65. The highest BCUT2D eigenvalue weighted by atomic mass is 35.5. The molecule has 9 heteroatoms. The summed E-state index contributed by atoms with van der Waals surface area (Å²) in [5, 5.41) is 5.03. The standard InChI is InChI=1S/C26H19Cl4FN2O2/c27-20-7-2-8-21(28)24(20)22-15-23(35-32-22)17-5-1-6-19(14-17)33(26(34)25(29)30)13-3-4-16-9-11-18(31)12-10-16/h1-2,5-12,14-15,25H,3-4,13H2. The Morgan fingerprint density at radius 2 is 1.66 bits per heavy atom. The van der Waals surface area contributed by atoms with Crippen molar-refractivity contribution in [1.82, 2.24) is 5.16 Å². The molecule has 35 heavy (non-hydrogen) atoms. The zero-order chi connectivity index (χ0) is 24.9. The fraction of sp³-hybridized carbons (Fsp3) is 0.154. The van der Waals surface area contributed by atoms with E-state index >= 15 is 0 Å². The van der Waals surface area contributed by atoms with Gasteiger partial charge in [0.25, 0.3) is 5.91 Å². The maximum Gasteiger partial charge on any atom is 0.260 e. The lowest BCUT2D eigenvalue weighted by Crippen LogP contribution is -2.36. The molecule has 1 aromatic heterocycles. The van der Waals surface area contributed by atoms with Crippen molar-refractivity contribution >= 4 is 58.0 Å². The van der Waals surface area contributed by atoms with Crippen LogP contribution in [0.4, 0.5) is 10.1 Å². The van der Waals surface area contributed by atoms with Crippen LogP contribution in [0.5, 0.6) is 0 Å². The van der Waals surface area contributed by atoms with Gasteiger partial charge in [-0.3, -0.25) is 4.79 Å². The van der Waals surface area contributed by atoms with E-state index in [0.29, 0.717) is 57.7 Å². The van der Waals surface area contributed by atoms with Crippen LogP contribution in [0.15, 0.2) is 77.3 Å². The van der Waals surface area contributed by atoms with E-state index in [2.05, 4.69) is 5.16 Å². The first-order valence-electron chi connectivity index (χ1n) is 10.7. The van der Waals surface area contributed by atoms with Crippen LogP contribution in [0.25, 0.3) is 22.6 Å². The van der Waals surface area contributed by atoms with Gasteiger partial charge in [0.2, 0.25) is 0 Å². The van der Waals surface area contributed by atoms with Gasteiger partial charge in [-0.05, 0) is 54.8 Å². The summed E-state index contributed by atoms with van der Waals surface area (Å²) in [7, 11) is 0. The van der Waals surface area contributed by atoms with Crippen LogP contribution in [0.1, 0.15) is 12.0 Å². The van der Waals surface area contributed by atoms with Crippen molar-refractivity contribution in [2.45, 2.75) is 17.7 Å². The molecule has 180 valence electrons. The van der Waals surface area contributed by atoms with E-state index in [9.17, 15) is 9.18 Å². The van der Waals surface area contributed by atoms with E-state index in [1.807, 2.05) is 6.07 Å². The van der Waals surface area contributed by atoms with Gasteiger partial charge >= 0.3 is 0 Å². The van der Waals surface area contributed by atoms with Gasteiger partial charge in [0.05, 0.1) is 10.0 Å². The molecule has 0 aliphatic rings. The van der Waals surface area contributed by atoms with Gasteiger partial charge in [-0.2, -0.15) is 0 Å². The second-order valence-electron chi connectivity index (χ2n) is 7.74. The van der Waals surface area contributed by atoms with Crippen LogP contribution in [0.2, 0.25) is 10.0 Å². The fourth-order valence-corrected chi connectivity index (χ4v) is 4.50. The van der Waals surface area contributed by atoms with Crippen molar-refractivity contribution in [3.63, 3.8) is 0 Å². The van der Waals surface area contributed by atoms with Crippen LogP contribution in [0.3, 0.4) is 0 Å². The number of aryl methyl sites for hydroxylation is 1. The molecule has 0 N–H and O–H groups in total. The van der Waals surface area contributed by atoms with Gasteiger partial charge in [-0.25, -0.2) is 4.39 Å². The lowest BCUT2D eigenvalue weighted by molar-refractivity contribution is -0.117.